The van der Waals surface area contributed by atoms with Crippen LogP contribution < -0.4 is 0 Å². The highest BCUT2D eigenvalue weighted by molar-refractivity contribution is 4.85. The lowest BCUT2D eigenvalue weighted by atomic mass is 10.0. The summed E-state index contributed by atoms with van der Waals surface area (Å²) in [5.74, 6) is 0.833. The smallest absolute Gasteiger partial charge is 0.0121 e. The second-order valence-corrected chi connectivity index (χ2v) is 4.07. The van der Waals surface area contributed by atoms with Gasteiger partial charge in [0, 0.05) is 12.1 Å². The third kappa shape index (κ3) is 1.76. The molecule has 2 atom stereocenters. The number of likely N-dealkylation sites (tertiary alicyclic amines) is 1. The van der Waals surface area contributed by atoms with Gasteiger partial charge in [0.25, 0.3) is 0 Å². The van der Waals surface area contributed by atoms with Gasteiger partial charge in [0.1, 0.15) is 0 Å². The molecule has 1 fully saturated rings. The Morgan fingerprint density at radius 1 is 1.36 bits per heavy atom. The molecule has 1 aliphatic heterocycles. The molecule has 1 heterocycles. The molecule has 0 aliphatic carbocycles. The molecule has 1 rings (SSSR count). The van der Waals surface area contributed by atoms with E-state index in [9.17, 15) is 0 Å². The lowest BCUT2D eigenvalue weighted by Crippen LogP contribution is -2.37. The Kier molecular flexibility index (Phi) is 2.94. The van der Waals surface area contributed by atoms with Crippen LogP contribution in [0.15, 0.2) is 0 Å². The second-order valence-electron chi connectivity index (χ2n) is 4.07. The van der Waals surface area contributed by atoms with Gasteiger partial charge in [-0.1, -0.05) is 20.8 Å². The number of rotatable bonds is 2. The molecule has 0 aromatic heterocycles. The molecule has 0 spiro atoms. The largest absolute Gasteiger partial charge is 0.298 e. The topological polar surface area (TPSA) is 3.24 Å². The van der Waals surface area contributed by atoms with E-state index in [1.54, 1.807) is 0 Å². The number of hydrogen-bond acceptors (Lipinski definition) is 1. The molecule has 1 aliphatic rings. The normalized spacial score (nSPS) is 33.5. The fourth-order valence-corrected chi connectivity index (χ4v) is 2.33. The van der Waals surface area contributed by atoms with Crippen LogP contribution in [0.5, 0.6) is 0 Å². The summed E-state index contributed by atoms with van der Waals surface area (Å²) in [5.41, 5.74) is 0. The highest BCUT2D eigenvalue weighted by atomic mass is 15.2. The van der Waals surface area contributed by atoms with Crippen molar-refractivity contribution in [2.75, 3.05) is 6.54 Å². The summed E-state index contributed by atoms with van der Waals surface area (Å²) in [5, 5.41) is 0. The minimum absolute atomic E-state index is 0.826. The average Bonchev–Trinajstić information content (AvgIpc) is 2.30. The standard InChI is InChI=1S/C10H21N/c1-5-11-9(4)6-7-10(11)8(2)3/h8-10H,5-7H2,1-4H3/t9?,10-/m0/s1. The summed E-state index contributed by atoms with van der Waals surface area (Å²) in [6, 6.07) is 1.68. The van der Waals surface area contributed by atoms with Crippen LogP contribution in [0.2, 0.25) is 0 Å². The van der Waals surface area contributed by atoms with Crippen molar-refractivity contribution in [2.45, 2.75) is 52.6 Å². The minimum Gasteiger partial charge on any atom is -0.298 e. The third-order valence-corrected chi connectivity index (χ3v) is 3.01. The molecule has 0 amide bonds. The van der Waals surface area contributed by atoms with Gasteiger partial charge in [0.05, 0.1) is 0 Å². The first-order valence-corrected chi connectivity index (χ1v) is 4.92. The van der Waals surface area contributed by atoms with Crippen molar-refractivity contribution < 1.29 is 0 Å². The zero-order chi connectivity index (χ0) is 8.43. The Bertz CT molecular complexity index is 120. The molecule has 1 heteroatoms. The lowest BCUT2D eigenvalue weighted by molar-refractivity contribution is 0.176. The van der Waals surface area contributed by atoms with Gasteiger partial charge in [-0.2, -0.15) is 0 Å². The quantitative estimate of drug-likeness (QED) is 0.592. The highest BCUT2D eigenvalue weighted by Gasteiger charge is 2.30. The van der Waals surface area contributed by atoms with Gasteiger partial charge in [-0.15, -0.1) is 0 Å². The summed E-state index contributed by atoms with van der Waals surface area (Å²) in [4.78, 5) is 2.64. The summed E-state index contributed by atoms with van der Waals surface area (Å²) in [6.45, 7) is 10.5. The molecule has 0 bridgehead atoms. The molecule has 1 saturated heterocycles. The van der Waals surface area contributed by atoms with Gasteiger partial charge in [-0.05, 0) is 32.2 Å². The molecule has 11 heavy (non-hydrogen) atoms. The maximum absolute atomic E-state index is 2.64. The van der Waals surface area contributed by atoms with Crippen LogP contribution in [0.1, 0.15) is 40.5 Å². The summed E-state index contributed by atoms with van der Waals surface area (Å²) in [6.07, 6.45) is 2.81. The number of nitrogens with zero attached hydrogens (tertiary/aromatic N) is 1. The van der Waals surface area contributed by atoms with E-state index in [0.29, 0.717) is 0 Å². The molecule has 1 nitrogen and oxygen atoms in total. The van der Waals surface area contributed by atoms with Crippen LogP contribution in [0, 0.1) is 5.92 Å². The van der Waals surface area contributed by atoms with Crippen LogP contribution in [0.3, 0.4) is 0 Å². The van der Waals surface area contributed by atoms with Crippen molar-refractivity contribution in [3.8, 4) is 0 Å². The van der Waals surface area contributed by atoms with E-state index < -0.39 is 0 Å². The van der Waals surface area contributed by atoms with E-state index in [-0.39, 0.29) is 0 Å². The van der Waals surface area contributed by atoms with Crippen LogP contribution in [0.25, 0.3) is 0 Å². The molecular formula is C10H21N. The van der Waals surface area contributed by atoms with Crippen molar-refractivity contribution in [1.29, 1.82) is 0 Å². The number of hydrogen-bond donors (Lipinski definition) is 0. The van der Waals surface area contributed by atoms with Crippen molar-refractivity contribution in [3.05, 3.63) is 0 Å². The van der Waals surface area contributed by atoms with Gasteiger partial charge in [0.2, 0.25) is 0 Å². The molecule has 1 unspecified atom stereocenters. The van der Waals surface area contributed by atoms with E-state index in [4.69, 9.17) is 0 Å². The zero-order valence-corrected chi connectivity index (χ0v) is 8.30. The highest BCUT2D eigenvalue weighted by Crippen LogP contribution is 2.27. The van der Waals surface area contributed by atoms with Crippen LogP contribution in [-0.4, -0.2) is 23.5 Å². The SMILES string of the molecule is CCN1C(C)CC[C@H]1C(C)C. The first-order valence-electron chi connectivity index (χ1n) is 4.92. The Morgan fingerprint density at radius 3 is 2.36 bits per heavy atom. The maximum atomic E-state index is 2.64. The van der Waals surface area contributed by atoms with Crippen molar-refractivity contribution >= 4 is 0 Å². The third-order valence-electron chi connectivity index (χ3n) is 3.01. The molecule has 0 aromatic rings. The van der Waals surface area contributed by atoms with Crippen molar-refractivity contribution in [3.63, 3.8) is 0 Å². The van der Waals surface area contributed by atoms with Gasteiger partial charge in [-0.3, -0.25) is 4.90 Å². The summed E-state index contributed by atoms with van der Waals surface area (Å²) < 4.78 is 0. The molecule has 0 radical (unpaired) electrons. The Morgan fingerprint density at radius 2 is 2.00 bits per heavy atom. The Labute approximate surface area is 70.8 Å². The Hall–Kier alpha value is -0.0400. The molecule has 66 valence electrons. The monoisotopic (exact) mass is 155 g/mol. The van der Waals surface area contributed by atoms with E-state index in [2.05, 4.69) is 32.6 Å². The second kappa shape index (κ2) is 3.57. The van der Waals surface area contributed by atoms with Gasteiger partial charge in [0.15, 0.2) is 0 Å². The molecule has 0 N–H and O–H groups in total. The zero-order valence-electron chi connectivity index (χ0n) is 8.30. The average molecular weight is 155 g/mol. The van der Waals surface area contributed by atoms with Crippen LogP contribution in [-0.2, 0) is 0 Å². The lowest BCUT2D eigenvalue weighted by Gasteiger charge is -2.29. The van der Waals surface area contributed by atoms with Crippen molar-refractivity contribution in [2.24, 2.45) is 5.92 Å². The molecular weight excluding hydrogens is 134 g/mol. The fourth-order valence-electron chi connectivity index (χ4n) is 2.33. The first kappa shape index (κ1) is 9.05. The van der Waals surface area contributed by atoms with Gasteiger partial charge >= 0.3 is 0 Å². The maximum Gasteiger partial charge on any atom is 0.0121 e. The van der Waals surface area contributed by atoms with Crippen LogP contribution >= 0.6 is 0 Å². The van der Waals surface area contributed by atoms with E-state index in [0.717, 1.165) is 18.0 Å². The Balaban J connectivity index is 2.54. The van der Waals surface area contributed by atoms with E-state index in [1.165, 1.54) is 19.4 Å². The van der Waals surface area contributed by atoms with Gasteiger partial charge in [-0.25, -0.2) is 0 Å². The fraction of sp³-hybridized carbons (Fsp3) is 1.00. The predicted octanol–water partition coefficient (Wildman–Crippen LogP) is 2.52. The van der Waals surface area contributed by atoms with E-state index in [1.807, 2.05) is 0 Å². The van der Waals surface area contributed by atoms with Crippen LogP contribution in [0.4, 0.5) is 0 Å². The predicted molar refractivity (Wildman–Crippen MR) is 49.7 cm³/mol. The van der Waals surface area contributed by atoms with Crippen molar-refractivity contribution in [1.82, 2.24) is 4.90 Å². The summed E-state index contributed by atoms with van der Waals surface area (Å²) >= 11 is 0. The summed E-state index contributed by atoms with van der Waals surface area (Å²) in [7, 11) is 0. The van der Waals surface area contributed by atoms with Gasteiger partial charge < -0.3 is 0 Å². The molecule has 0 aromatic carbocycles. The first-order chi connectivity index (χ1) is 5.16. The minimum atomic E-state index is 0.826. The molecule has 0 saturated carbocycles. The van der Waals surface area contributed by atoms with E-state index >= 15 is 0 Å².